The molecule has 92 valence electrons. The zero-order valence-corrected chi connectivity index (χ0v) is 10.3. The van der Waals surface area contributed by atoms with Crippen molar-refractivity contribution in [1.82, 2.24) is 15.6 Å². The van der Waals surface area contributed by atoms with Gasteiger partial charge in [0, 0.05) is 6.54 Å². The van der Waals surface area contributed by atoms with Crippen molar-refractivity contribution in [2.24, 2.45) is 5.92 Å². The lowest BCUT2D eigenvalue weighted by molar-refractivity contribution is 0.0940. The van der Waals surface area contributed by atoms with Crippen LogP contribution in [-0.4, -0.2) is 30.5 Å². The molecule has 1 aliphatic rings. The normalized spacial score (nSPS) is 19.9. The topological polar surface area (TPSA) is 54.0 Å². The Kier molecular flexibility index (Phi) is 4.34. The van der Waals surface area contributed by atoms with Gasteiger partial charge in [-0.2, -0.15) is 0 Å². The molecule has 0 aliphatic carbocycles. The van der Waals surface area contributed by atoms with Crippen LogP contribution in [0.5, 0.6) is 0 Å². The van der Waals surface area contributed by atoms with Gasteiger partial charge in [-0.05, 0) is 44.0 Å². The van der Waals surface area contributed by atoms with E-state index in [1.807, 2.05) is 0 Å². The first-order chi connectivity index (χ1) is 8.25. The Hall–Kier alpha value is -1.13. The second-order valence-corrected chi connectivity index (χ2v) is 4.66. The molecule has 2 heterocycles. The summed E-state index contributed by atoms with van der Waals surface area (Å²) in [7, 11) is 0. The van der Waals surface area contributed by atoms with Crippen LogP contribution in [0.1, 0.15) is 23.3 Å². The summed E-state index contributed by atoms with van der Waals surface area (Å²) in [5, 5.41) is 6.56. The van der Waals surface area contributed by atoms with E-state index in [1.54, 1.807) is 18.2 Å². The van der Waals surface area contributed by atoms with Crippen LogP contribution in [-0.2, 0) is 0 Å². The lowest BCUT2D eigenvalue weighted by atomic mass is 10.00. The van der Waals surface area contributed by atoms with E-state index in [-0.39, 0.29) is 5.91 Å². The zero-order chi connectivity index (χ0) is 12.1. The van der Waals surface area contributed by atoms with Crippen LogP contribution in [0.4, 0.5) is 0 Å². The van der Waals surface area contributed by atoms with Gasteiger partial charge >= 0.3 is 0 Å². The SMILES string of the molecule is O=C(NC[C@H]1CCCNC1)c1cccc(Cl)n1. The smallest absolute Gasteiger partial charge is 0.269 e. The van der Waals surface area contributed by atoms with E-state index < -0.39 is 0 Å². The number of nitrogens with zero attached hydrogens (tertiary/aromatic N) is 1. The lowest BCUT2D eigenvalue weighted by Gasteiger charge is -2.22. The van der Waals surface area contributed by atoms with Crippen molar-refractivity contribution >= 4 is 17.5 Å². The molecule has 1 aliphatic heterocycles. The molecule has 2 N–H and O–H groups in total. The molecule has 1 amide bonds. The predicted molar refractivity (Wildman–Crippen MR) is 67.2 cm³/mol. The molecule has 1 atom stereocenters. The molecule has 1 fully saturated rings. The first-order valence-corrected chi connectivity index (χ1v) is 6.25. The molecule has 1 aromatic rings. The number of hydrogen-bond donors (Lipinski definition) is 2. The van der Waals surface area contributed by atoms with Gasteiger partial charge in [-0.25, -0.2) is 4.98 Å². The highest BCUT2D eigenvalue weighted by Crippen LogP contribution is 2.09. The molecule has 0 radical (unpaired) electrons. The zero-order valence-electron chi connectivity index (χ0n) is 9.58. The van der Waals surface area contributed by atoms with E-state index in [4.69, 9.17) is 11.6 Å². The molecule has 1 saturated heterocycles. The highest BCUT2D eigenvalue weighted by Gasteiger charge is 2.14. The summed E-state index contributed by atoms with van der Waals surface area (Å²) >= 11 is 5.74. The Morgan fingerprint density at radius 3 is 3.18 bits per heavy atom. The van der Waals surface area contributed by atoms with E-state index in [2.05, 4.69) is 15.6 Å². The molecular weight excluding hydrogens is 238 g/mol. The molecular formula is C12H16ClN3O. The molecule has 5 heteroatoms. The van der Waals surface area contributed by atoms with Gasteiger partial charge < -0.3 is 10.6 Å². The largest absolute Gasteiger partial charge is 0.350 e. The molecule has 0 saturated carbocycles. The highest BCUT2D eigenvalue weighted by molar-refractivity contribution is 6.29. The van der Waals surface area contributed by atoms with Gasteiger partial charge in [-0.15, -0.1) is 0 Å². The van der Waals surface area contributed by atoms with Gasteiger partial charge in [0.25, 0.3) is 5.91 Å². The van der Waals surface area contributed by atoms with Gasteiger partial charge in [-0.1, -0.05) is 17.7 Å². The molecule has 1 aromatic heterocycles. The van der Waals surface area contributed by atoms with Gasteiger partial charge in [-0.3, -0.25) is 4.79 Å². The summed E-state index contributed by atoms with van der Waals surface area (Å²) < 4.78 is 0. The summed E-state index contributed by atoms with van der Waals surface area (Å²) in [5.74, 6) is 0.366. The second-order valence-electron chi connectivity index (χ2n) is 4.27. The average molecular weight is 254 g/mol. The van der Waals surface area contributed by atoms with Crippen molar-refractivity contribution in [2.75, 3.05) is 19.6 Å². The molecule has 17 heavy (non-hydrogen) atoms. The van der Waals surface area contributed by atoms with Gasteiger partial charge in [0.1, 0.15) is 10.8 Å². The highest BCUT2D eigenvalue weighted by atomic mass is 35.5. The minimum Gasteiger partial charge on any atom is -0.350 e. The fourth-order valence-electron chi connectivity index (χ4n) is 1.96. The summed E-state index contributed by atoms with van der Waals surface area (Å²) in [6, 6.07) is 5.05. The second kappa shape index (κ2) is 5.98. The van der Waals surface area contributed by atoms with Crippen molar-refractivity contribution in [1.29, 1.82) is 0 Å². The molecule has 0 spiro atoms. The molecule has 2 rings (SSSR count). The van der Waals surface area contributed by atoms with Crippen LogP contribution in [0.25, 0.3) is 0 Å². The number of amides is 1. The minimum absolute atomic E-state index is 0.155. The number of carbonyl (C=O) groups excluding carboxylic acids is 1. The van der Waals surface area contributed by atoms with E-state index >= 15 is 0 Å². The number of pyridine rings is 1. The Balaban J connectivity index is 1.84. The number of aromatic nitrogens is 1. The standard InChI is InChI=1S/C12H16ClN3O/c13-11-5-1-4-10(16-11)12(17)15-8-9-3-2-6-14-7-9/h1,4-5,9,14H,2-3,6-8H2,(H,15,17)/t9-/m0/s1. The van der Waals surface area contributed by atoms with E-state index in [0.29, 0.717) is 23.3 Å². The number of rotatable bonds is 3. The number of piperidine rings is 1. The first-order valence-electron chi connectivity index (χ1n) is 5.87. The lowest BCUT2D eigenvalue weighted by Crippen LogP contribution is -2.38. The predicted octanol–water partition coefficient (Wildman–Crippen LogP) is 1.46. The van der Waals surface area contributed by atoms with Crippen LogP contribution >= 0.6 is 11.6 Å². The van der Waals surface area contributed by atoms with Crippen molar-refractivity contribution in [3.8, 4) is 0 Å². The summed E-state index contributed by atoms with van der Waals surface area (Å²) in [4.78, 5) is 15.8. The Labute approximate surface area is 106 Å². The van der Waals surface area contributed by atoms with E-state index in [1.165, 1.54) is 6.42 Å². The maximum Gasteiger partial charge on any atom is 0.269 e. The quantitative estimate of drug-likeness (QED) is 0.802. The van der Waals surface area contributed by atoms with Crippen molar-refractivity contribution < 1.29 is 4.79 Å². The van der Waals surface area contributed by atoms with Crippen LogP contribution in [0.3, 0.4) is 0 Å². The van der Waals surface area contributed by atoms with Gasteiger partial charge in [0.2, 0.25) is 0 Å². The third kappa shape index (κ3) is 3.68. The number of halogens is 1. The summed E-state index contributed by atoms with van der Waals surface area (Å²) in [6.45, 7) is 2.75. The fourth-order valence-corrected chi connectivity index (χ4v) is 2.12. The summed E-state index contributed by atoms with van der Waals surface area (Å²) in [6.07, 6.45) is 2.34. The molecule has 0 aromatic carbocycles. The Morgan fingerprint density at radius 2 is 2.47 bits per heavy atom. The Bertz CT molecular complexity index is 391. The van der Waals surface area contributed by atoms with Crippen LogP contribution < -0.4 is 10.6 Å². The Morgan fingerprint density at radius 1 is 1.59 bits per heavy atom. The van der Waals surface area contributed by atoms with Crippen molar-refractivity contribution in [2.45, 2.75) is 12.8 Å². The summed E-state index contributed by atoms with van der Waals surface area (Å²) in [5.41, 5.74) is 0.376. The number of nitrogens with one attached hydrogen (secondary N) is 2. The average Bonchev–Trinajstić information content (AvgIpc) is 2.37. The fraction of sp³-hybridized carbons (Fsp3) is 0.500. The third-order valence-electron chi connectivity index (χ3n) is 2.90. The van der Waals surface area contributed by atoms with Crippen molar-refractivity contribution in [3.05, 3.63) is 29.0 Å². The maximum atomic E-state index is 11.8. The van der Waals surface area contributed by atoms with Crippen LogP contribution in [0, 0.1) is 5.92 Å². The molecule has 0 unspecified atom stereocenters. The van der Waals surface area contributed by atoms with Gasteiger partial charge in [0.15, 0.2) is 0 Å². The van der Waals surface area contributed by atoms with Crippen LogP contribution in [0.15, 0.2) is 18.2 Å². The molecule has 0 bridgehead atoms. The maximum absolute atomic E-state index is 11.8. The first kappa shape index (κ1) is 12.3. The third-order valence-corrected chi connectivity index (χ3v) is 3.11. The van der Waals surface area contributed by atoms with Crippen molar-refractivity contribution in [3.63, 3.8) is 0 Å². The number of hydrogen-bond acceptors (Lipinski definition) is 3. The van der Waals surface area contributed by atoms with Gasteiger partial charge in [0.05, 0.1) is 0 Å². The van der Waals surface area contributed by atoms with Crippen LogP contribution in [0.2, 0.25) is 5.15 Å². The van der Waals surface area contributed by atoms with E-state index in [9.17, 15) is 4.79 Å². The minimum atomic E-state index is -0.155. The molecule has 4 nitrogen and oxygen atoms in total. The number of carbonyl (C=O) groups is 1. The monoisotopic (exact) mass is 253 g/mol. The van der Waals surface area contributed by atoms with E-state index in [0.717, 1.165) is 19.5 Å².